The van der Waals surface area contributed by atoms with E-state index < -0.39 is 11.7 Å². The highest BCUT2D eigenvalue weighted by molar-refractivity contribution is 5.70. The Labute approximate surface area is 212 Å². The number of rotatable bonds is 19. The molecule has 2 aromatic heterocycles. The van der Waals surface area contributed by atoms with Crippen LogP contribution in [0.4, 0.5) is 5.95 Å². The number of anilines is 1. The first-order chi connectivity index (χ1) is 17.4. The molecule has 11 nitrogen and oxygen atoms in total. The van der Waals surface area contributed by atoms with Crippen molar-refractivity contribution in [3.63, 3.8) is 0 Å². The Morgan fingerprint density at radius 2 is 1.50 bits per heavy atom. The fourth-order valence-electron chi connectivity index (χ4n) is 3.66. The number of carbonyl (C=O) groups excluding carboxylic acids is 2. The summed E-state index contributed by atoms with van der Waals surface area (Å²) in [4.78, 5) is 46.9. The Morgan fingerprint density at radius 3 is 2.06 bits per heavy atom. The zero-order valence-electron chi connectivity index (χ0n) is 21.6. The molecule has 0 amide bonds. The van der Waals surface area contributed by atoms with Crippen molar-refractivity contribution < 1.29 is 23.8 Å². The fourth-order valence-corrected chi connectivity index (χ4v) is 3.66. The molecule has 0 spiro atoms. The number of nitrogens with two attached hydrogens (primary N) is 1. The van der Waals surface area contributed by atoms with E-state index in [0.717, 1.165) is 64.2 Å². The summed E-state index contributed by atoms with van der Waals surface area (Å²) in [6.45, 7) is 4.13. The Kier molecular flexibility index (Phi) is 13.6. The summed E-state index contributed by atoms with van der Waals surface area (Å²) in [5.41, 5.74) is 5.59. The lowest BCUT2D eigenvalue weighted by Gasteiger charge is -2.18. The molecule has 0 unspecified atom stereocenters. The Morgan fingerprint density at radius 1 is 0.944 bits per heavy atom. The van der Waals surface area contributed by atoms with Gasteiger partial charge >= 0.3 is 11.9 Å². The number of esters is 2. The minimum Gasteiger partial charge on any atom is -0.463 e. The molecule has 0 aromatic carbocycles. The SMILES string of the molecule is CCCCCCCC(=O)OCC(COC(=O)CCCCCCC)OCn1cnc2c(=O)[nH]c(N)nc21. The first-order valence-corrected chi connectivity index (χ1v) is 13.1. The smallest absolute Gasteiger partial charge is 0.305 e. The summed E-state index contributed by atoms with van der Waals surface area (Å²) in [6, 6.07) is 0. The van der Waals surface area contributed by atoms with E-state index >= 15 is 0 Å². The van der Waals surface area contributed by atoms with E-state index in [0.29, 0.717) is 12.8 Å². The van der Waals surface area contributed by atoms with Crippen LogP contribution in [0.5, 0.6) is 0 Å². The summed E-state index contributed by atoms with van der Waals surface area (Å²) in [6.07, 6.45) is 11.7. The Bertz CT molecular complexity index is 959. The fraction of sp³-hybridized carbons (Fsp3) is 0.720. The van der Waals surface area contributed by atoms with Crippen molar-refractivity contribution in [1.82, 2.24) is 19.5 Å². The number of aromatic nitrogens is 4. The van der Waals surface area contributed by atoms with Crippen molar-refractivity contribution in [3.05, 3.63) is 16.7 Å². The van der Waals surface area contributed by atoms with Gasteiger partial charge in [-0.2, -0.15) is 4.98 Å². The van der Waals surface area contributed by atoms with E-state index in [2.05, 4.69) is 28.8 Å². The molecular weight excluding hydrogens is 466 g/mol. The number of aromatic amines is 1. The minimum absolute atomic E-state index is 0.0356. The quantitative estimate of drug-likeness (QED) is 0.213. The number of imidazole rings is 1. The normalized spacial score (nSPS) is 11.3. The molecule has 202 valence electrons. The van der Waals surface area contributed by atoms with Crippen LogP contribution in [0, 0.1) is 0 Å². The molecule has 2 aromatic rings. The number of H-pyrrole nitrogens is 1. The van der Waals surface area contributed by atoms with Crippen molar-refractivity contribution in [1.29, 1.82) is 0 Å². The van der Waals surface area contributed by atoms with E-state index in [1.807, 2.05) is 0 Å². The molecule has 0 saturated heterocycles. The van der Waals surface area contributed by atoms with Crippen LogP contribution < -0.4 is 11.3 Å². The van der Waals surface area contributed by atoms with E-state index in [-0.39, 0.29) is 49.0 Å². The van der Waals surface area contributed by atoms with Crippen molar-refractivity contribution in [2.75, 3.05) is 18.9 Å². The maximum absolute atomic E-state index is 12.2. The second kappa shape index (κ2) is 16.7. The van der Waals surface area contributed by atoms with Gasteiger partial charge in [0.15, 0.2) is 11.2 Å². The molecule has 0 aliphatic rings. The molecule has 0 saturated carbocycles. The van der Waals surface area contributed by atoms with Gasteiger partial charge in [-0.15, -0.1) is 0 Å². The maximum Gasteiger partial charge on any atom is 0.305 e. The van der Waals surface area contributed by atoms with Crippen LogP contribution in [0.25, 0.3) is 11.2 Å². The number of nitrogen functional groups attached to an aromatic ring is 1. The van der Waals surface area contributed by atoms with Crippen molar-refractivity contribution >= 4 is 29.1 Å². The van der Waals surface area contributed by atoms with Crippen molar-refractivity contribution in [3.8, 4) is 0 Å². The second-order valence-corrected chi connectivity index (χ2v) is 8.95. The van der Waals surface area contributed by atoms with Gasteiger partial charge in [-0.25, -0.2) is 4.98 Å². The third-order valence-corrected chi connectivity index (χ3v) is 5.77. The third-order valence-electron chi connectivity index (χ3n) is 5.77. The highest BCUT2D eigenvalue weighted by Gasteiger charge is 2.17. The molecule has 3 N–H and O–H groups in total. The van der Waals surface area contributed by atoms with E-state index in [1.165, 1.54) is 10.9 Å². The lowest BCUT2D eigenvalue weighted by Crippen LogP contribution is -2.29. The van der Waals surface area contributed by atoms with Crippen LogP contribution in [0.2, 0.25) is 0 Å². The lowest BCUT2D eigenvalue weighted by atomic mass is 10.1. The lowest BCUT2D eigenvalue weighted by molar-refractivity contribution is -0.157. The Hall–Kier alpha value is -2.95. The second-order valence-electron chi connectivity index (χ2n) is 8.95. The van der Waals surface area contributed by atoms with Gasteiger partial charge in [0, 0.05) is 12.8 Å². The summed E-state index contributed by atoms with van der Waals surface area (Å²) in [7, 11) is 0. The first-order valence-electron chi connectivity index (χ1n) is 13.1. The van der Waals surface area contributed by atoms with Crippen LogP contribution in [0.3, 0.4) is 0 Å². The molecule has 0 aliphatic carbocycles. The average Bonchev–Trinajstić information content (AvgIpc) is 3.26. The number of unbranched alkanes of at least 4 members (excludes halogenated alkanes) is 8. The molecule has 0 radical (unpaired) electrons. The van der Waals surface area contributed by atoms with Crippen LogP contribution in [-0.4, -0.2) is 50.8 Å². The molecule has 36 heavy (non-hydrogen) atoms. The average molecular weight is 508 g/mol. The van der Waals surface area contributed by atoms with Crippen LogP contribution >= 0.6 is 0 Å². The predicted octanol–water partition coefficient (Wildman–Crippen LogP) is 3.85. The van der Waals surface area contributed by atoms with Crippen LogP contribution in [-0.2, 0) is 30.5 Å². The number of ether oxygens (including phenoxy) is 3. The molecular formula is C25H41N5O6. The summed E-state index contributed by atoms with van der Waals surface area (Å²) in [5.74, 6) is -0.653. The van der Waals surface area contributed by atoms with Crippen LogP contribution in [0.15, 0.2) is 11.1 Å². The van der Waals surface area contributed by atoms with Gasteiger partial charge in [-0.3, -0.25) is 23.9 Å². The highest BCUT2D eigenvalue weighted by atomic mass is 16.6. The molecule has 2 rings (SSSR count). The zero-order chi connectivity index (χ0) is 26.2. The van der Waals surface area contributed by atoms with Gasteiger partial charge in [0.05, 0.1) is 6.33 Å². The molecule has 0 aliphatic heterocycles. The van der Waals surface area contributed by atoms with E-state index in [9.17, 15) is 14.4 Å². The summed E-state index contributed by atoms with van der Waals surface area (Å²) in [5, 5.41) is 0. The van der Waals surface area contributed by atoms with Gasteiger partial charge in [0.1, 0.15) is 26.0 Å². The summed E-state index contributed by atoms with van der Waals surface area (Å²) >= 11 is 0. The number of hydrogen-bond acceptors (Lipinski definition) is 9. The number of hydrogen-bond donors (Lipinski definition) is 2. The number of nitrogens with zero attached hydrogens (tertiary/aromatic N) is 3. The van der Waals surface area contributed by atoms with E-state index in [1.54, 1.807) is 0 Å². The third kappa shape index (κ3) is 10.8. The van der Waals surface area contributed by atoms with Gasteiger partial charge in [0.25, 0.3) is 5.56 Å². The molecule has 0 bridgehead atoms. The molecule has 0 fully saturated rings. The monoisotopic (exact) mass is 507 g/mol. The zero-order valence-corrected chi connectivity index (χ0v) is 21.6. The summed E-state index contributed by atoms with van der Waals surface area (Å²) < 4.78 is 18.2. The van der Waals surface area contributed by atoms with E-state index in [4.69, 9.17) is 19.9 Å². The molecule has 2 heterocycles. The number of nitrogens with one attached hydrogen (secondary N) is 1. The largest absolute Gasteiger partial charge is 0.463 e. The highest BCUT2D eigenvalue weighted by Crippen LogP contribution is 2.10. The molecule has 0 atom stereocenters. The Balaban J connectivity index is 1.89. The minimum atomic E-state index is -0.685. The number of fused-ring (bicyclic) bond motifs is 1. The maximum atomic E-state index is 12.2. The topological polar surface area (TPSA) is 151 Å². The first kappa shape index (κ1) is 29.3. The number of carbonyl (C=O) groups is 2. The van der Waals surface area contributed by atoms with Gasteiger partial charge < -0.3 is 19.9 Å². The van der Waals surface area contributed by atoms with Crippen molar-refractivity contribution in [2.45, 2.75) is 104 Å². The molecule has 11 heteroatoms. The van der Waals surface area contributed by atoms with Gasteiger partial charge in [0.2, 0.25) is 5.95 Å². The standard InChI is InChI=1S/C25H41N5O6/c1-3-5-7-9-11-13-20(31)34-15-19(16-35-21(32)14-12-10-8-6-4-2)36-18-30-17-27-22-23(30)28-25(26)29-24(22)33/h17,19H,3-16,18H2,1-2H3,(H3,26,28,29,33). The van der Waals surface area contributed by atoms with Gasteiger partial charge in [-0.05, 0) is 12.8 Å². The predicted molar refractivity (Wildman–Crippen MR) is 136 cm³/mol. The van der Waals surface area contributed by atoms with Crippen LogP contribution in [0.1, 0.15) is 90.9 Å². The van der Waals surface area contributed by atoms with Crippen molar-refractivity contribution in [2.24, 2.45) is 0 Å². The van der Waals surface area contributed by atoms with Gasteiger partial charge in [-0.1, -0.05) is 65.2 Å².